The standard InChI is InChI=1S/C37H38BrN3O6/c1-2-46-36(45)37-20-26(37)13-6-4-3-5-7-16-31(39-23-42)35(44)41-22-28(19-32(41)33(43)21-37)47-34-29(24-12-10-14-27(38)17-24)18-25-11-8-9-15-30(25)40-34/h6,8-15,17-18,26,28,31-32H,2-5,7,16,19-22H2,1H3/b13-6-/t26-,28-,31+,32+,37-/m1/s1. The van der Waals surface area contributed by atoms with Crippen molar-refractivity contribution < 1.29 is 28.7 Å². The number of carbonyl (C=O) groups excluding carboxylic acids is 4. The van der Waals surface area contributed by atoms with E-state index in [1.165, 1.54) is 4.90 Å². The molecule has 0 N–H and O–H groups in total. The molecule has 1 saturated carbocycles. The van der Waals surface area contributed by atoms with Crippen LogP contribution in [0.4, 0.5) is 0 Å². The van der Waals surface area contributed by atoms with E-state index < -0.39 is 29.5 Å². The number of rotatable bonds is 6. The second-order valence-corrected chi connectivity index (χ2v) is 13.6. The van der Waals surface area contributed by atoms with E-state index in [0.29, 0.717) is 25.1 Å². The van der Waals surface area contributed by atoms with Gasteiger partial charge in [0, 0.05) is 28.3 Å². The van der Waals surface area contributed by atoms with Gasteiger partial charge < -0.3 is 14.4 Å². The van der Waals surface area contributed by atoms with Gasteiger partial charge >= 0.3 is 5.97 Å². The maximum atomic E-state index is 14.2. The highest BCUT2D eigenvalue weighted by atomic mass is 79.9. The first-order chi connectivity index (χ1) is 22.8. The van der Waals surface area contributed by atoms with Crippen molar-refractivity contribution in [3.8, 4) is 17.0 Å². The Hall–Kier alpha value is -4.14. The number of aromatic nitrogens is 1. The molecule has 0 unspecified atom stereocenters. The lowest BCUT2D eigenvalue weighted by atomic mass is 9.91. The number of benzene rings is 2. The van der Waals surface area contributed by atoms with Crippen LogP contribution < -0.4 is 4.74 Å². The third kappa shape index (κ3) is 7.09. The van der Waals surface area contributed by atoms with E-state index in [4.69, 9.17) is 14.5 Å². The smallest absolute Gasteiger partial charge is 0.313 e. The zero-order valence-corrected chi connectivity index (χ0v) is 28.0. The Morgan fingerprint density at radius 1 is 1.13 bits per heavy atom. The number of aliphatic imine (C=N–C) groups is 1. The van der Waals surface area contributed by atoms with Crippen LogP contribution in [0.15, 0.2) is 76.2 Å². The van der Waals surface area contributed by atoms with E-state index in [9.17, 15) is 19.2 Å². The van der Waals surface area contributed by atoms with Gasteiger partial charge in [-0.2, -0.15) is 4.99 Å². The quantitative estimate of drug-likeness (QED) is 0.121. The number of Topliss-reactive ketones (excluding diaryl/α,β-unsaturated/α-hetero) is 1. The average molecular weight is 701 g/mol. The van der Waals surface area contributed by atoms with Crippen molar-refractivity contribution in [2.75, 3.05) is 13.2 Å². The molecule has 0 spiro atoms. The van der Waals surface area contributed by atoms with Crippen molar-refractivity contribution in [3.05, 3.63) is 71.2 Å². The van der Waals surface area contributed by atoms with Gasteiger partial charge in [0.15, 0.2) is 5.78 Å². The SMILES string of the molecule is CCOC(=O)[C@]12CC(=O)[C@@H]3C[C@@H](Oc4nc5ccccc5cc4-c4cccc(Br)c4)CN3C(=O)[C@@H](N=C=O)CCCCC/C=C\[C@@H]1C2. The number of isocyanates is 1. The molecule has 2 fully saturated rings. The number of ketones is 1. The van der Waals surface area contributed by atoms with Crippen molar-refractivity contribution in [1.82, 2.24) is 9.88 Å². The molecule has 244 valence electrons. The molecule has 3 aliphatic rings. The average Bonchev–Trinajstić information content (AvgIpc) is 3.59. The van der Waals surface area contributed by atoms with Crippen LogP contribution in [0.5, 0.6) is 5.88 Å². The van der Waals surface area contributed by atoms with E-state index >= 15 is 0 Å². The van der Waals surface area contributed by atoms with Crippen molar-refractivity contribution in [1.29, 1.82) is 0 Å². The van der Waals surface area contributed by atoms with Gasteiger partial charge in [-0.15, -0.1) is 0 Å². The Morgan fingerprint density at radius 3 is 2.79 bits per heavy atom. The lowest BCUT2D eigenvalue weighted by molar-refractivity contribution is -0.152. The van der Waals surface area contributed by atoms with Crippen LogP contribution in [-0.2, 0) is 23.9 Å². The highest BCUT2D eigenvalue weighted by Gasteiger charge is 2.61. The summed E-state index contributed by atoms with van der Waals surface area (Å²) in [6, 6.07) is 15.9. The van der Waals surface area contributed by atoms with E-state index in [0.717, 1.165) is 45.8 Å². The van der Waals surface area contributed by atoms with E-state index in [1.807, 2.05) is 60.7 Å². The largest absolute Gasteiger partial charge is 0.472 e. The van der Waals surface area contributed by atoms with Gasteiger partial charge in [-0.1, -0.05) is 71.3 Å². The topological polar surface area (TPSA) is 115 Å². The summed E-state index contributed by atoms with van der Waals surface area (Å²) in [5, 5.41) is 0.950. The second kappa shape index (κ2) is 14.3. The van der Waals surface area contributed by atoms with Crippen LogP contribution in [0.2, 0.25) is 0 Å². The number of esters is 1. The monoisotopic (exact) mass is 699 g/mol. The van der Waals surface area contributed by atoms with E-state index in [2.05, 4.69) is 27.0 Å². The van der Waals surface area contributed by atoms with Gasteiger partial charge in [0.1, 0.15) is 12.1 Å². The minimum absolute atomic E-state index is 0.0405. The van der Waals surface area contributed by atoms with Gasteiger partial charge in [0.25, 0.3) is 0 Å². The van der Waals surface area contributed by atoms with Gasteiger partial charge in [-0.3, -0.25) is 14.4 Å². The van der Waals surface area contributed by atoms with Gasteiger partial charge in [-0.05, 0) is 68.4 Å². The first-order valence-corrected chi connectivity index (χ1v) is 17.2. The highest BCUT2D eigenvalue weighted by Crippen LogP contribution is 2.57. The molecule has 2 aliphatic heterocycles. The summed E-state index contributed by atoms with van der Waals surface area (Å²) in [5.74, 6) is -0.696. The fourth-order valence-corrected chi connectivity index (χ4v) is 7.37. The number of amides is 1. The molecule has 0 radical (unpaired) electrons. The summed E-state index contributed by atoms with van der Waals surface area (Å²) < 4.78 is 13.0. The molecule has 47 heavy (non-hydrogen) atoms. The zero-order chi connectivity index (χ0) is 33.0. The third-order valence-corrected chi connectivity index (χ3v) is 10.0. The summed E-state index contributed by atoms with van der Waals surface area (Å²) in [7, 11) is 0. The number of hydrogen-bond acceptors (Lipinski definition) is 8. The Balaban J connectivity index is 1.35. The van der Waals surface area contributed by atoms with Crippen LogP contribution in [-0.4, -0.2) is 65.0 Å². The van der Waals surface area contributed by atoms with Crippen molar-refractivity contribution in [3.63, 3.8) is 0 Å². The third-order valence-electron chi connectivity index (χ3n) is 9.54. The van der Waals surface area contributed by atoms with Crippen molar-refractivity contribution >= 4 is 50.6 Å². The lowest BCUT2D eigenvalue weighted by Gasteiger charge is -2.27. The molecule has 1 saturated heterocycles. The summed E-state index contributed by atoms with van der Waals surface area (Å²) in [6.45, 7) is 2.09. The van der Waals surface area contributed by atoms with Gasteiger partial charge in [0.05, 0.1) is 30.1 Å². The molecule has 1 amide bonds. The number of allylic oxidation sites excluding steroid dienone is 2. The predicted molar refractivity (Wildman–Crippen MR) is 180 cm³/mol. The fraction of sp³-hybridized carbons (Fsp3) is 0.432. The Bertz CT molecular complexity index is 1750. The summed E-state index contributed by atoms with van der Waals surface area (Å²) in [5.41, 5.74) is 1.50. The molecule has 9 nitrogen and oxygen atoms in total. The molecule has 3 heterocycles. The molecule has 3 aromatic rings. The van der Waals surface area contributed by atoms with Crippen LogP contribution >= 0.6 is 15.9 Å². The Kier molecular flexibility index (Phi) is 9.99. The highest BCUT2D eigenvalue weighted by molar-refractivity contribution is 9.10. The van der Waals surface area contributed by atoms with E-state index in [-0.39, 0.29) is 43.7 Å². The first kappa shape index (κ1) is 32.8. The van der Waals surface area contributed by atoms with Crippen LogP contribution in [0.25, 0.3) is 22.0 Å². The number of hydrogen-bond donors (Lipinski definition) is 0. The summed E-state index contributed by atoms with van der Waals surface area (Å²) >= 11 is 3.56. The number of ether oxygens (including phenoxy) is 2. The number of pyridine rings is 1. The normalized spacial score (nSPS) is 27.1. The Morgan fingerprint density at radius 2 is 1.98 bits per heavy atom. The zero-order valence-electron chi connectivity index (χ0n) is 26.4. The molecule has 5 atom stereocenters. The minimum atomic E-state index is -0.939. The van der Waals surface area contributed by atoms with Crippen LogP contribution in [0.1, 0.15) is 58.3 Å². The Labute approximate surface area is 282 Å². The second-order valence-electron chi connectivity index (χ2n) is 12.7. The molecule has 1 aromatic heterocycles. The van der Waals surface area contributed by atoms with Gasteiger partial charge in [0.2, 0.25) is 17.9 Å². The number of para-hydroxylation sites is 1. The molecule has 1 aliphatic carbocycles. The maximum Gasteiger partial charge on any atom is 0.313 e. The predicted octanol–water partition coefficient (Wildman–Crippen LogP) is 6.77. The molecule has 0 bridgehead atoms. The van der Waals surface area contributed by atoms with Crippen LogP contribution in [0.3, 0.4) is 0 Å². The lowest BCUT2D eigenvalue weighted by Crippen LogP contribution is -2.46. The molecule has 2 aromatic carbocycles. The first-order valence-electron chi connectivity index (χ1n) is 16.4. The number of fused-ring (bicyclic) bond motifs is 3. The van der Waals surface area contributed by atoms with E-state index in [1.54, 1.807) is 13.0 Å². The number of carbonyl (C=O) groups is 3. The van der Waals surface area contributed by atoms with Crippen molar-refractivity contribution in [2.45, 2.75) is 76.5 Å². The fourth-order valence-electron chi connectivity index (χ4n) is 6.98. The molecule has 6 rings (SSSR count). The summed E-state index contributed by atoms with van der Waals surface area (Å²) in [4.78, 5) is 63.1. The van der Waals surface area contributed by atoms with Gasteiger partial charge in [-0.25, -0.2) is 9.78 Å². The van der Waals surface area contributed by atoms with Crippen LogP contribution in [0, 0.1) is 11.3 Å². The molecule has 10 heteroatoms. The minimum Gasteiger partial charge on any atom is -0.472 e. The molecular weight excluding hydrogens is 662 g/mol. The summed E-state index contributed by atoms with van der Waals surface area (Å²) in [6.07, 6.45) is 9.51. The number of nitrogens with zero attached hydrogens (tertiary/aromatic N) is 3. The van der Waals surface area contributed by atoms with Crippen molar-refractivity contribution in [2.24, 2.45) is 16.3 Å². The maximum absolute atomic E-state index is 14.2. The number of halogens is 1. The molecular formula is C37H38BrN3O6.